The molecule has 0 N–H and O–H groups in total. The smallest absolute Gasteiger partial charge is 0.200 e. The summed E-state index contributed by atoms with van der Waals surface area (Å²) >= 11 is 5.60. The van der Waals surface area contributed by atoms with E-state index in [2.05, 4.69) is 6.58 Å². The molecule has 0 aliphatic heterocycles. The molecule has 230 valence electrons. The second-order valence-corrected chi connectivity index (χ2v) is 11.0. The van der Waals surface area contributed by atoms with Crippen molar-refractivity contribution in [1.29, 1.82) is 0 Å². The van der Waals surface area contributed by atoms with Gasteiger partial charge in [-0.25, -0.2) is 0 Å². The maximum atomic E-state index is 13.9. The van der Waals surface area contributed by atoms with E-state index in [0.29, 0.717) is 11.1 Å². The SMILES string of the molecule is C=Cc1ccc(CSC(=S)SCCC(F)(F)C(F)(F)C(F)(F)C(F)(F)C(F)(F)C(F)(F)C(F)(F)C(F)(F)F)cc1. The molecule has 0 fully saturated rings. The van der Waals surface area contributed by atoms with Crippen molar-refractivity contribution in [3.8, 4) is 0 Å². The van der Waals surface area contributed by atoms with Crippen LogP contribution < -0.4 is 0 Å². The lowest BCUT2D eigenvalue weighted by molar-refractivity contribution is -0.461. The average Bonchev–Trinajstić information content (AvgIpc) is 2.81. The topological polar surface area (TPSA) is 0 Å². The minimum Gasteiger partial charge on any atom is -0.200 e. The van der Waals surface area contributed by atoms with E-state index < -0.39 is 59.8 Å². The fourth-order valence-electron chi connectivity index (χ4n) is 2.55. The summed E-state index contributed by atoms with van der Waals surface area (Å²) in [6, 6.07) is 6.39. The summed E-state index contributed by atoms with van der Waals surface area (Å²) in [6.45, 7) is 3.50. The van der Waals surface area contributed by atoms with Gasteiger partial charge in [-0.1, -0.05) is 49.1 Å². The van der Waals surface area contributed by atoms with Gasteiger partial charge in [-0.2, -0.15) is 74.6 Å². The molecule has 0 saturated heterocycles. The Labute approximate surface area is 227 Å². The Morgan fingerprint density at radius 1 is 0.625 bits per heavy atom. The number of halogens is 17. The molecule has 0 atom stereocenters. The van der Waals surface area contributed by atoms with Gasteiger partial charge in [0.2, 0.25) is 0 Å². The third-order valence-corrected chi connectivity index (χ3v) is 7.77. The number of alkyl halides is 17. The quantitative estimate of drug-likeness (QED) is 0.160. The number of benzene rings is 1. The van der Waals surface area contributed by atoms with Gasteiger partial charge in [-0.15, -0.1) is 23.5 Å². The lowest BCUT2D eigenvalue weighted by Gasteiger charge is -2.42. The van der Waals surface area contributed by atoms with E-state index in [1.807, 2.05) is 0 Å². The fraction of sp³-hybridized carbons (Fsp3) is 0.550. The van der Waals surface area contributed by atoms with Gasteiger partial charge in [0.25, 0.3) is 0 Å². The summed E-state index contributed by atoms with van der Waals surface area (Å²) in [6.07, 6.45) is -8.80. The molecule has 0 amide bonds. The van der Waals surface area contributed by atoms with E-state index in [4.69, 9.17) is 12.2 Å². The Morgan fingerprint density at radius 2 is 1.02 bits per heavy atom. The molecule has 1 aromatic rings. The minimum atomic E-state index is -8.63. The highest BCUT2D eigenvalue weighted by atomic mass is 32.2. The normalized spacial score (nSPS) is 14.8. The second kappa shape index (κ2) is 11.7. The van der Waals surface area contributed by atoms with E-state index in [1.165, 1.54) is 6.08 Å². The van der Waals surface area contributed by atoms with E-state index in [0.717, 1.165) is 11.8 Å². The summed E-state index contributed by atoms with van der Waals surface area (Å²) < 4.78 is 225. The number of thioether (sulfide) groups is 2. The van der Waals surface area contributed by atoms with E-state index in [-0.39, 0.29) is 21.0 Å². The van der Waals surface area contributed by atoms with Crippen molar-refractivity contribution in [3.63, 3.8) is 0 Å². The predicted molar refractivity (Wildman–Crippen MR) is 118 cm³/mol. The van der Waals surface area contributed by atoms with Gasteiger partial charge in [0.1, 0.15) is 3.53 Å². The molecule has 0 heterocycles. The van der Waals surface area contributed by atoms with Crippen LogP contribution in [-0.4, -0.2) is 56.9 Å². The summed E-state index contributed by atoms with van der Waals surface area (Å²) in [7, 11) is 0. The summed E-state index contributed by atoms with van der Waals surface area (Å²) in [5.41, 5.74) is 1.32. The van der Waals surface area contributed by atoms with Crippen molar-refractivity contribution >= 4 is 45.3 Å². The first-order valence-electron chi connectivity index (χ1n) is 9.88. The van der Waals surface area contributed by atoms with Crippen LogP contribution in [0.3, 0.4) is 0 Å². The first-order chi connectivity index (χ1) is 17.7. The van der Waals surface area contributed by atoms with E-state index in [9.17, 15) is 74.6 Å². The maximum absolute atomic E-state index is 13.9. The third-order valence-electron chi connectivity index (χ3n) is 5.00. The lowest BCUT2D eigenvalue weighted by atomic mass is 9.88. The Balaban J connectivity index is 3.09. The molecule has 0 unspecified atom stereocenters. The van der Waals surface area contributed by atoms with Gasteiger partial charge in [0.05, 0.1) is 0 Å². The van der Waals surface area contributed by atoms with Gasteiger partial charge in [-0.05, 0) is 11.1 Å². The Morgan fingerprint density at radius 3 is 1.43 bits per heavy atom. The molecule has 0 radical (unpaired) electrons. The lowest BCUT2D eigenvalue weighted by Crippen LogP contribution is -2.74. The number of hydrogen-bond donors (Lipinski definition) is 0. The zero-order valence-electron chi connectivity index (χ0n) is 18.9. The van der Waals surface area contributed by atoms with Crippen molar-refractivity contribution in [3.05, 3.63) is 42.0 Å². The molecule has 0 saturated carbocycles. The fourth-order valence-corrected chi connectivity index (χ4v) is 4.74. The first kappa shape index (κ1) is 36.6. The molecule has 40 heavy (non-hydrogen) atoms. The molecule has 1 rings (SSSR count). The van der Waals surface area contributed by atoms with Gasteiger partial charge in [0.15, 0.2) is 0 Å². The van der Waals surface area contributed by atoms with Crippen LogP contribution >= 0.6 is 35.7 Å². The Hall–Kier alpha value is -1.44. The van der Waals surface area contributed by atoms with Gasteiger partial charge < -0.3 is 0 Å². The van der Waals surface area contributed by atoms with Crippen LogP contribution in [-0.2, 0) is 5.75 Å². The largest absolute Gasteiger partial charge is 0.460 e. The molecule has 0 spiro atoms. The van der Waals surface area contributed by atoms with Crippen LogP contribution in [0.25, 0.3) is 6.08 Å². The second-order valence-electron chi connectivity index (χ2n) is 7.73. The van der Waals surface area contributed by atoms with Crippen LogP contribution in [0.15, 0.2) is 30.8 Å². The van der Waals surface area contributed by atoms with Crippen LogP contribution in [0.2, 0.25) is 0 Å². The summed E-state index contributed by atoms with van der Waals surface area (Å²) in [5.74, 6) is -57.5. The van der Waals surface area contributed by atoms with Crippen LogP contribution in [0.5, 0.6) is 0 Å². The number of hydrogen-bond acceptors (Lipinski definition) is 3. The highest BCUT2D eigenvalue weighted by molar-refractivity contribution is 8.46. The average molecular weight is 672 g/mol. The molecule has 0 aromatic heterocycles. The van der Waals surface area contributed by atoms with E-state index in [1.54, 1.807) is 24.3 Å². The molecule has 0 aliphatic rings. The van der Waals surface area contributed by atoms with Crippen LogP contribution in [0, 0.1) is 0 Å². The molecule has 0 bridgehead atoms. The number of rotatable bonds is 12. The number of thiocarbonyl (C=S) groups is 1. The predicted octanol–water partition coefficient (Wildman–Crippen LogP) is 9.98. The maximum Gasteiger partial charge on any atom is 0.460 e. The van der Waals surface area contributed by atoms with E-state index >= 15 is 0 Å². The Bertz CT molecular complexity index is 1050. The van der Waals surface area contributed by atoms with Gasteiger partial charge in [-0.3, -0.25) is 0 Å². The van der Waals surface area contributed by atoms with Crippen molar-refractivity contribution in [1.82, 2.24) is 0 Å². The molecule has 20 heteroatoms. The molecule has 0 aliphatic carbocycles. The van der Waals surface area contributed by atoms with Gasteiger partial charge in [0, 0.05) is 17.9 Å². The van der Waals surface area contributed by atoms with Gasteiger partial charge >= 0.3 is 47.6 Å². The van der Waals surface area contributed by atoms with Crippen molar-refractivity contribution < 1.29 is 74.6 Å². The monoisotopic (exact) mass is 672 g/mol. The highest BCUT2D eigenvalue weighted by Crippen LogP contribution is 2.64. The van der Waals surface area contributed by atoms with Crippen molar-refractivity contribution in [2.75, 3.05) is 5.75 Å². The standard InChI is InChI=1S/C20H13F17S3/c1-2-10-3-5-11(6-4-10)9-40-12(38)39-8-7-13(21,22)14(23,24)15(25,26)16(27,28)17(29,30)18(31,32)19(33,34)20(35,36)37/h2-6H,1,7-9H2. The molecular formula is C20H13F17S3. The van der Waals surface area contributed by atoms with Crippen LogP contribution in [0.1, 0.15) is 17.5 Å². The van der Waals surface area contributed by atoms with Crippen LogP contribution in [0.4, 0.5) is 74.6 Å². The zero-order valence-corrected chi connectivity index (χ0v) is 21.3. The van der Waals surface area contributed by atoms with Crippen molar-refractivity contribution in [2.45, 2.75) is 59.8 Å². The highest BCUT2D eigenvalue weighted by Gasteiger charge is 2.95. The summed E-state index contributed by atoms with van der Waals surface area (Å²) in [4.78, 5) is 0. The molecular weight excluding hydrogens is 659 g/mol. The molecule has 1 aromatic carbocycles. The summed E-state index contributed by atoms with van der Waals surface area (Å²) in [5, 5.41) is 0. The van der Waals surface area contributed by atoms with Crippen molar-refractivity contribution in [2.24, 2.45) is 0 Å². The zero-order chi connectivity index (χ0) is 31.8. The minimum absolute atomic E-state index is 0.0754. The third kappa shape index (κ3) is 6.32. The molecule has 0 nitrogen and oxygen atoms in total. The first-order valence-corrected chi connectivity index (χ1v) is 12.3. The Kier molecular flexibility index (Phi) is 10.7.